The fourth-order valence-electron chi connectivity index (χ4n) is 1.57. The number of benzene rings is 1. The minimum absolute atomic E-state index is 0.0440. The minimum atomic E-state index is -1.87. The van der Waals surface area contributed by atoms with Crippen LogP contribution in [0, 0.1) is 0 Å². The molecule has 154 valence electrons. The molecule has 1 rings (SSSR count). The molecule has 0 bridgehead atoms. The van der Waals surface area contributed by atoms with Gasteiger partial charge >= 0.3 is 0 Å². The molecule has 6 N–H and O–H groups in total. The van der Waals surface area contributed by atoms with Gasteiger partial charge in [-0.2, -0.15) is 0 Å². The second kappa shape index (κ2) is 17.0. The maximum absolute atomic E-state index is 9.70. The lowest BCUT2D eigenvalue weighted by atomic mass is 10.2. The van der Waals surface area contributed by atoms with Gasteiger partial charge in [-0.1, -0.05) is 27.7 Å². The molecule has 0 spiro atoms. The lowest BCUT2D eigenvalue weighted by molar-refractivity contribution is -0.278. The molecule has 0 amide bonds. The van der Waals surface area contributed by atoms with Gasteiger partial charge in [0.1, 0.15) is 24.2 Å². The van der Waals surface area contributed by atoms with Crippen LogP contribution in [0.25, 0.3) is 0 Å². The van der Waals surface area contributed by atoms with Crippen LogP contribution in [0.4, 0.5) is 0 Å². The van der Waals surface area contributed by atoms with E-state index in [0.717, 1.165) is 0 Å². The molecule has 8 heteroatoms. The van der Waals surface area contributed by atoms with Crippen molar-refractivity contribution in [2.24, 2.45) is 5.73 Å². The number of nitrogens with two attached hydrogens (primary N) is 1. The van der Waals surface area contributed by atoms with E-state index in [9.17, 15) is 20.4 Å². The first-order valence-electron chi connectivity index (χ1n) is 8.87. The van der Waals surface area contributed by atoms with Crippen molar-refractivity contribution in [3.63, 3.8) is 0 Å². The zero-order valence-electron chi connectivity index (χ0n) is 16.3. The molecule has 1 aromatic rings. The average Bonchev–Trinajstić information content (AvgIpc) is 2.65. The van der Waals surface area contributed by atoms with Gasteiger partial charge in [0, 0.05) is 6.54 Å². The summed E-state index contributed by atoms with van der Waals surface area (Å²) in [6, 6.07) is 6.02. The van der Waals surface area contributed by atoms with Crippen molar-refractivity contribution < 1.29 is 34.6 Å². The molecule has 0 aromatic heterocycles. The van der Waals surface area contributed by atoms with Gasteiger partial charge in [-0.25, -0.2) is 0 Å². The molecule has 8 nitrogen and oxygen atoms in total. The number of aliphatic hydroxyl groups excluding tert-OH is 2. The number of hydrogen-bond donors (Lipinski definition) is 5. The van der Waals surface area contributed by atoms with E-state index in [1.165, 1.54) is 19.1 Å². The van der Waals surface area contributed by atoms with Gasteiger partial charge in [-0.3, -0.25) is 0 Å². The zero-order chi connectivity index (χ0) is 20.5. The van der Waals surface area contributed by atoms with Crippen molar-refractivity contribution >= 4 is 0 Å². The maximum atomic E-state index is 9.70. The largest absolute Gasteiger partial charge is 0.508 e. The summed E-state index contributed by atoms with van der Waals surface area (Å²) in [7, 11) is 0. The van der Waals surface area contributed by atoms with Crippen LogP contribution in [0.5, 0.6) is 11.5 Å². The number of phenolic OH excluding ortho intramolecular Hbond substituents is 1. The first kappa shape index (κ1) is 26.8. The molecule has 26 heavy (non-hydrogen) atoms. The highest BCUT2D eigenvalue weighted by Gasteiger charge is 2.26. The van der Waals surface area contributed by atoms with E-state index < -0.39 is 24.8 Å². The van der Waals surface area contributed by atoms with Gasteiger partial charge in [0.05, 0.1) is 12.7 Å². The molecule has 0 saturated heterocycles. The third-order valence-corrected chi connectivity index (χ3v) is 2.74. The highest BCUT2D eigenvalue weighted by atomic mass is 16.7. The molecular weight excluding hydrogens is 342 g/mol. The zero-order valence-corrected chi connectivity index (χ0v) is 16.3. The fourth-order valence-corrected chi connectivity index (χ4v) is 1.57. The van der Waals surface area contributed by atoms with Crippen LogP contribution in [0.2, 0.25) is 0 Å². The van der Waals surface area contributed by atoms with E-state index in [1.54, 1.807) is 12.1 Å². The van der Waals surface area contributed by atoms with Crippen molar-refractivity contribution in [1.82, 2.24) is 0 Å². The van der Waals surface area contributed by atoms with Crippen LogP contribution in [0.1, 0.15) is 34.6 Å². The molecular formula is C18H35NO7. The van der Waals surface area contributed by atoms with Crippen molar-refractivity contribution in [2.45, 2.75) is 59.4 Å². The Labute approximate surface area is 156 Å². The average molecular weight is 377 g/mol. The van der Waals surface area contributed by atoms with E-state index in [0.29, 0.717) is 5.75 Å². The highest BCUT2D eigenvalue weighted by molar-refractivity contribution is 5.30. The predicted octanol–water partition coefficient (Wildman–Crippen LogP) is 1.20. The predicted molar refractivity (Wildman–Crippen MR) is 99.9 cm³/mol. The van der Waals surface area contributed by atoms with Crippen LogP contribution >= 0.6 is 0 Å². The molecule has 1 aromatic carbocycles. The summed E-state index contributed by atoms with van der Waals surface area (Å²) in [5, 5.41) is 37.3. The topological polar surface area (TPSA) is 135 Å². The van der Waals surface area contributed by atoms with Gasteiger partial charge in [0.15, 0.2) is 0 Å². The number of hydrogen-bond acceptors (Lipinski definition) is 8. The summed E-state index contributed by atoms with van der Waals surface area (Å²) < 4.78 is 15.8. The monoisotopic (exact) mass is 377 g/mol. The van der Waals surface area contributed by atoms with Crippen LogP contribution in [0.15, 0.2) is 24.3 Å². The standard InChI is InChI=1S/C14H23NO7.2C2H6/c1-9(16)12(22-14(13(18)19)20-7-6-15)8-21-11-4-2-10(17)3-5-11;2*1-2/h2-5,9,12-14,16-19H,6-8,15H2,1H3;2*1-2H3. The lowest BCUT2D eigenvalue weighted by Crippen LogP contribution is -2.42. The lowest BCUT2D eigenvalue weighted by Gasteiger charge is -2.27. The molecule has 0 aliphatic heterocycles. The van der Waals surface area contributed by atoms with Crippen LogP contribution in [-0.2, 0) is 9.47 Å². The summed E-state index contributed by atoms with van der Waals surface area (Å²) >= 11 is 0. The number of aromatic hydroxyl groups is 1. The van der Waals surface area contributed by atoms with Crippen molar-refractivity contribution in [3.8, 4) is 11.5 Å². The Morgan fingerprint density at radius 1 is 1.00 bits per heavy atom. The number of ether oxygens (including phenoxy) is 3. The Morgan fingerprint density at radius 2 is 1.54 bits per heavy atom. The van der Waals surface area contributed by atoms with Crippen molar-refractivity contribution in [3.05, 3.63) is 24.3 Å². The van der Waals surface area contributed by atoms with Gasteiger partial charge in [0.25, 0.3) is 0 Å². The fraction of sp³-hybridized carbons (Fsp3) is 0.667. The van der Waals surface area contributed by atoms with E-state index >= 15 is 0 Å². The molecule has 0 fully saturated rings. The molecule has 3 atom stereocenters. The van der Waals surface area contributed by atoms with E-state index in [1.807, 2.05) is 27.7 Å². The smallest absolute Gasteiger partial charge is 0.209 e. The highest BCUT2D eigenvalue weighted by Crippen LogP contribution is 2.17. The Morgan fingerprint density at radius 3 is 1.96 bits per heavy atom. The third-order valence-electron chi connectivity index (χ3n) is 2.74. The second-order valence-electron chi connectivity index (χ2n) is 4.66. The first-order chi connectivity index (χ1) is 12.4. The van der Waals surface area contributed by atoms with Crippen molar-refractivity contribution in [2.75, 3.05) is 19.8 Å². The Balaban J connectivity index is 0. The summed E-state index contributed by atoms with van der Waals surface area (Å²) in [6.07, 6.45) is -4.99. The first-order valence-corrected chi connectivity index (χ1v) is 8.87. The number of rotatable bonds is 10. The van der Waals surface area contributed by atoms with Gasteiger partial charge < -0.3 is 40.4 Å². The molecule has 0 heterocycles. The maximum Gasteiger partial charge on any atom is 0.209 e. The SMILES string of the molecule is CC.CC.CC(O)C(COc1ccc(O)cc1)OC(OCCN)C(O)O. The number of phenols is 1. The van der Waals surface area contributed by atoms with Crippen molar-refractivity contribution in [1.29, 1.82) is 0 Å². The molecule has 0 aliphatic carbocycles. The summed E-state index contributed by atoms with van der Waals surface area (Å²) in [4.78, 5) is 0. The Kier molecular flexibility index (Phi) is 17.5. The Hall–Kier alpha value is -1.42. The van der Waals surface area contributed by atoms with Crippen LogP contribution in [-0.4, -0.2) is 65.0 Å². The normalized spacial score (nSPS) is 13.6. The molecule has 3 unspecified atom stereocenters. The third kappa shape index (κ3) is 12.0. The molecule has 0 radical (unpaired) electrons. The van der Waals surface area contributed by atoms with E-state index in [4.69, 9.17) is 19.9 Å². The Bertz CT molecular complexity index is 413. The van der Waals surface area contributed by atoms with Gasteiger partial charge in [-0.05, 0) is 31.2 Å². The van der Waals surface area contributed by atoms with Gasteiger partial charge in [-0.15, -0.1) is 0 Å². The molecule has 0 saturated carbocycles. The van der Waals surface area contributed by atoms with E-state index in [2.05, 4.69) is 0 Å². The number of aliphatic hydroxyl groups is 3. The summed E-state index contributed by atoms with van der Waals surface area (Å²) in [6.45, 7) is 9.70. The minimum Gasteiger partial charge on any atom is -0.508 e. The van der Waals surface area contributed by atoms with Gasteiger partial charge in [0.2, 0.25) is 12.6 Å². The van der Waals surface area contributed by atoms with Crippen LogP contribution in [0.3, 0.4) is 0 Å². The van der Waals surface area contributed by atoms with E-state index in [-0.39, 0.29) is 25.5 Å². The van der Waals surface area contributed by atoms with Crippen LogP contribution < -0.4 is 10.5 Å². The summed E-state index contributed by atoms with van der Waals surface area (Å²) in [5.41, 5.74) is 5.28. The summed E-state index contributed by atoms with van der Waals surface area (Å²) in [5.74, 6) is 0.574. The molecule has 0 aliphatic rings. The second-order valence-corrected chi connectivity index (χ2v) is 4.66. The quantitative estimate of drug-likeness (QED) is 0.384.